The normalized spacial score (nSPS) is 17.2. The molecule has 2 aromatic rings. The van der Waals surface area contributed by atoms with Gasteiger partial charge in [-0.15, -0.1) is 11.8 Å². The molecule has 0 aliphatic carbocycles. The van der Waals surface area contributed by atoms with Crippen molar-refractivity contribution in [3.63, 3.8) is 0 Å². The molecule has 0 aromatic heterocycles. The molecule has 2 atom stereocenters. The van der Waals surface area contributed by atoms with Crippen LogP contribution in [0.25, 0.3) is 0 Å². The van der Waals surface area contributed by atoms with Crippen LogP contribution in [0.5, 0.6) is 0 Å². The first-order valence-corrected chi connectivity index (χ1v) is 11.9. The van der Waals surface area contributed by atoms with Crippen LogP contribution in [0.4, 0.5) is 11.4 Å². The maximum absolute atomic E-state index is 12.8. The molecule has 1 aliphatic heterocycles. The number of rotatable bonds is 5. The standard InChI is InChI=1S/C20H21ClN2O4S2/c1-11-4-6-16(15(21)8-11)22-19(24)12(2)10-29(26,27)14-5-7-18-17(9-14)23-20(25)13(3)28-18/h4-9,12-13H,10H2,1-3H3,(H,22,24)(H,23,25)/t12-,13-/m0/s1. The molecule has 0 unspecified atom stereocenters. The highest BCUT2D eigenvalue weighted by Crippen LogP contribution is 2.37. The van der Waals surface area contributed by atoms with E-state index < -0.39 is 21.7 Å². The second kappa shape index (κ2) is 8.38. The summed E-state index contributed by atoms with van der Waals surface area (Å²) >= 11 is 7.51. The third-order valence-electron chi connectivity index (χ3n) is 4.54. The maximum atomic E-state index is 12.8. The Hall–Kier alpha value is -2.03. The van der Waals surface area contributed by atoms with Gasteiger partial charge >= 0.3 is 0 Å². The molecule has 154 valence electrons. The van der Waals surface area contributed by atoms with E-state index in [9.17, 15) is 18.0 Å². The minimum atomic E-state index is -3.73. The van der Waals surface area contributed by atoms with Crippen LogP contribution in [-0.2, 0) is 19.4 Å². The lowest BCUT2D eigenvalue weighted by molar-refractivity contribution is -0.119. The van der Waals surface area contributed by atoms with Crippen molar-refractivity contribution in [3.8, 4) is 0 Å². The summed E-state index contributed by atoms with van der Waals surface area (Å²) in [6.45, 7) is 5.22. The van der Waals surface area contributed by atoms with Crippen molar-refractivity contribution in [1.29, 1.82) is 0 Å². The van der Waals surface area contributed by atoms with Crippen molar-refractivity contribution in [1.82, 2.24) is 0 Å². The fraction of sp³-hybridized carbons (Fsp3) is 0.300. The predicted molar refractivity (Wildman–Crippen MR) is 116 cm³/mol. The van der Waals surface area contributed by atoms with Gasteiger partial charge in [-0.3, -0.25) is 9.59 Å². The number of anilines is 2. The van der Waals surface area contributed by atoms with Crippen LogP contribution in [0, 0.1) is 12.8 Å². The molecule has 9 heteroatoms. The van der Waals surface area contributed by atoms with Gasteiger partial charge in [0.1, 0.15) is 0 Å². The van der Waals surface area contributed by atoms with Gasteiger partial charge in [-0.2, -0.15) is 0 Å². The number of hydrogen-bond acceptors (Lipinski definition) is 5. The first-order valence-electron chi connectivity index (χ1n) is 8.98. The van der Waals surface area contributed by atoms with Gasteiger partial charge in [-0.05, 0) is 49.7 Å². The number of thioether (sulfide) groups is 1. The second-order valence-corrected chi connectivity index (χ2v) is 10.9. The van der Waals surface area contributed by atoms with Crippen LogP contribution in [0.1, 0.15) is 19.4 Å². The van der Waals surface area contributed by atoms with E-state index in [-0.39, 0.29) is 21.8 Å². The van der Waals surface area contributed by atoms with E-state index in [1.54, 1.807) is 32.0 Å². The van der Waals surface area contributed by atoms with Crippen molar-refractivity contribution in [2.45, 2.75) is 35.8 Å². The van der Waals surface area contributed by atoms with Crippen LogP contribution in [0.2, 0.25) is 5.02 Å². The van der Waals surface area contributed by atoms with Crippen molar-refractivity contribution < 1.29 is 18.0 Å². The molecule has 2 aromatic carbocycles. The fourth-order valence-electron chi connectivity index (χ4n) is 2.86. The Morgan fingerprint density at radius 2 is 2.00 bits per heavy atom. The Balaban J connectivity index is 1.74. The van der Waals surface area contributed by atoms with Crippen LogP contribution in [0.3, 0.4) is 0 Å². The Kier molecular flexibility index (Phi) is 6.26. The lowest BCUT2D eigenvalue weighted by atomic mass is 10.2. The Morgan fingerprint density at radius 1 is 1.28 bits per heavy atom. The van der Waals surface area contributed by atoms with E-state index in [2.05, 4.69) is 10.6 Å². The Morgan fingerprint density at radius 3 is 2.69 bits per heavy atom. The topological polar surface area (TPSA) is 92.3 Å². The van der Waals surface area contributed by atoms with Crippen LogP contribution in [-0.4, -0.2) is 31.2 Å². The number of sulfone groups is 1. The smallest absolute Gasteiger partial charge is 0.237 e. The molecule has 0 bridgehead atoms. The van der Waals surface area contributed by atoms with E-state index in [0.29, 0.717) is 16.4 Å². The van der Waals surface area contributed by atoms with Crippen molar-refractivity contribution in [2.75, 3.05) is 16.4 Å². The van der Waals surface area contributed by atoms with Crippen LogP contribution < -0.4 is 10.6 Å². The van der Waals surface area contributed by atoms with Crippen LogP contribution in [0.15, 0.2) is 46.2 Å². The van der Waals surface area contributed by atoms with E-state index in [0.717, 1.165) is 10.5 Å². The quantitative estimate of drug-likeness (QED) is 0.711. The minimum Gasteiger partial charge on any atom is -0.325 e. The van der Waals surface area contributed by atoms with Gasteiger partial charge in [0.2, 0.25) is 11.8 Å². The molecule has 6 nitrogen and oxygen atoms in total. The highest BCUT2D eigenvalue weighted by Gasteiger charge is 2.27. The zero-order chi connectivity index (χ0) is 21.3. The zero-order valence-electron chi connectivity index (χ0n) is 16.2. The van der Waals surface area contributed by atoms with Gasteiger partial charge in [0, 0.05) is 10.8 Å². The molecule has 0 fully saturated rings. The summed E-state index contributed by atoms with van der Waals surface area (Å²) in [5, 5.41) is 5.56. The first kappa shape index (κ1) is 21.7. The molecule has 2 N–H and O–H groups in total. The van der Waals surface area contributed by atoms with E-state index in [1.807, 2.05) is 13.0 Å². The number of fused-ring (bicyclic) bond motifs is 1. The number of carbonyl (C=O) groups excluding carboxylic acids is 2. The minimum absolute atomic E-state index is 0.0692. The predicted octanol–water partition coefficient (Wildman–Crippen LogP) is 4.13. The summed E-state index contributed by atoms with van der Waals surface area (Å²) in [7, 11) is -3.73. The molecule has 0 saturated carbocycles. The van der Waals surface area contributed by atoms with Crippen molar-refractivity contribution >= 4 is 56.4 Å². The van der Waals surface area contributed by atoms with E-state index >= 15 is 0 Å². The SMILES string of the molecule is Cc1ccc(NC(=O)[C@@H](C)CS(=O)(=O)c2ccc3c(c2)NC(=O)[C@H](C)S3)c(Cl)c1. The number of hydrogen-bond donors (Lipinski definition) is 2. The lowest BCUT2D eigenvalue weighted by Crippen LogP contribution is -2.28. The maximum Gasteiger partial charge on any atom is 0.237 e. The molecular weight excluding hydrogens is 432 g/mol. The monoisotopic (exact) mass is 452 g/mol. The third-order valence-corrected chi connectivity index (χ3v) is 7.94. The Labute approximate surface area is 179 Å². The highest BCUT2D eigenvalue weighted by molar-refractivity contribution is 8.01. The number of carbonyl (C=O) groups is 2. The van der Waals surface area contributed by atoms with E-state index in [1.165, 1.54) is 23.9 Å². The van der Waals surface area contributed by atoms with Gasteiger partial charge in [0.25, 0.3) is 0 Å². The van der Waals surface area contributed by atoms with Crippen molar-refractivity contribution in [2.24, 2.45) is 5.92 Å². The van der Waals surface area contributed by atoms with Gasteiger partial charge in [0.05, 0.1) is 32.3 Å². The highest BCUT2D eigenvalue weighted by atomic mass is 35.5. The average Bonchev–Trinajstić information content (AvgIpc) is 2.64. The zero-order valence-corrected chi connectivity index (χ0v) is 18.5. The second-order valence-electron chi connectivity index (χ2n) is 7.06. The molecular formula is C20H21ClN2O4S2. The number of benzene rings is 2. The molecule has 3 rings (SSSR count). The molecule has 2 amide bonds. The lowest BCUT2D eigenvalue weighted by Gasteiger charge is -2.22. The molecule has 1 heterocycles. The molecule has 0 radical (unpaired) electrons. The Bertz CT molecular complexity index is 1090. The van der Waals surface area contributed by atoms with Crippen molar-refractivity contribution in [3.05, 3.63) is 47.0 Å². The largest absolute Gasteiger partial charge is 0.325 e. The summed E-state index contributed by atoms with van der Waals surface area (Å²) in [6.07, 6.45) is 0. The van der Waals surface area contributed by atoms with Gasteiger partial charge < -0.3 is 10.6 Å². The summed E-state index contributed by atoms with van der Waals surface area (Å²) in [6, 6.07) is 9.85. The van der Waals surface area contributed by atoms with Gasteiger partial charge in [-0.25, -0.2) is 8.42 Å². The number of amides is 2. The number of aryl methyl sites for hydroxylation is 1. The van der Waals surface area contributed by atoms with Crippen LogP contribution >= 0.6 is 23.4 Å². The average molecular weight is 453 g/mol. The fourth-order valence-corrected chi connectivity index (χ4v) is 5.65. The molecule has 0 spiro atoms. The summed E-state index contributed by atoms with van der Waals surface area (Å²) < 4.78 is 25.6. The van der Waals surface area contributed by atoms with E-state index in [4.69, 9.17) is 11.6 Å². The molecule has 1 aliphatic rings. The summed E-state index contributed by atoms with van der Waals surface area (Å²) in [5.74, 6) is -1.76. The third kappa shape index (κ3) is 4.94. The first-order chi connectivity index (χ1) is 13.6. The summed E-state index contributed by atoms with van der Waals surface area (Å²) in [4.78, 5) is 25.2. The number of nitrogens with one attached hydrogen (secondary N) is 2. The molecule has 0 saturated heterocycles. The summed E-state index contributed by atoms with van der Waals surface area (Å²) in [5.41, 5.74) is 1.87. The molecule has 29 heavy (non-hydrogen) atoms. The van der Waals surface area contributed by atoms with Gasteiger partial charge in [-0.1, -0.05) is 24.6 Å². The van der Waals surface area contributed by atoms with Gasteiger partial charge in [0.15, 0.2) is 9.84 Å². The number of halogens is 1.